The number of hydrogen-bond acceptors (Lipinski definition) is 5. The highest BCUT2D eigenvalue weighted by Gasteiger charge is 2.37. The molecular formula is C24H26Cl2N2O3S2. The van der Waals surface area contributed by atoms with Crippen molar-refractivity contribution in [2.75, 3.05) is 11.4 Å². The summed E-state index contributed by atoms with van der Waals surface area (Å²) in [7, 11) is 0. The predicted octanol–water partition coefficient (Wildman–Crippen LogP) is 7.45. The average molecular weight is 526 g/mol. The third kappa shape index (κ3) is 5.96. The summed E-state index contributed by atoms with van der Waals surface area (Å²) < 4.78 is 24.5. The molecule has 2 unspecified atom stereocenters. The zero-order chi connectivity index (χ0) is 23.5. The molecule has 0 saturated heterocycles. The van der Waals surface area contributed by atoms with Gasteiger partial charge >= 0.3 is 11.4 Å². The summed E-state index contributed by atoms with van der Waals surface area (Å²) in [4.78, 5) is 8.60. The highest BCUT2D eigenvalue weighted by atomic mass is 35.5. The van der Waals surface area contributed by atoms with Crippen LogP contribution in [0.2, 0.25) is 10.0 Å². The summed E-state index contributed by atoms with van der Waals surface area (Å²) in [6.07, 6.45) is 3.39. The van der Waals surface area contributed by atoms with Gasteiger partial charge in [0, 0.05) is 22.0 Å². The molecule has 1 aromatic heterocycles. The minimum atomic E-state index is -2.26. The summed E-state index contributed by atoms with van der Waals surface area (Å²) in [5.74, 6) is 0.579. The van der Waals surface area contributed by atoms with Crippen molar-refractivity contribution in [3.8, 4) is 11.3 Å². The van der Waals surface area contributed by atoms with Gasteiger partial charge < -0.3 is 4.90 Å². The van der Waals surface area contributed by atoms with Crippen LogP contribution in [0.15, 0.2) is 42.5 Å². The van der Waals surface area contributed by atoms with Crippen LogP contribution in [0.25, 0.3) is 11.3 Å². The highest BCUT2D eigenvalue weighted by Crippen LogP contribution is 2.48. The largest absolute Gasteiger partial charge is 0.341 e. The van der Waals surface area contributed by atoms with Crippen LogP contribution in [0.5, 0.6) is 0 Å². The lowest BCUT2D eigenvalue weighted by Gasteiger charge is -2.32. The number of aromatic nitrogens is 1. The number of benzene rings is 2. The maximum Gasteiger partial charge on any atom is 0.302 e. The second kappa shape index (κ2) is 10.8. The molecule has 1 aliphatic rings. The van der Waals surface area contributed by atoms with Gasteiger partial charge in [-0.3, -0.25) is 8.74 Å². The van der Waals surface area contributed by atoms with E-state index in [0.717, 1.165) is 39.8 Å². The van der Waals surface area contributed by atoms with E-state index in [9.17, 15) is 4.21 Å². The Labute approximate surface area is 211 Å². The van der Waals surface area contributed by atoms with Crippen LogP contribution in [0.1, 0.15) is 48.2 Å². The lowest BCUT2D eigenvalue weighted by Crippen LogP contribution is -2.31. The number of hydrogen-bond donors (Lipinski definition) is 1. The van der Waals surface area contributed by atoms with Crippen LogP contribution >= 0.6 is 34.5 Å². The molecule has 1 aliphatic carbocycles. The molecule has 0 bridgehead atoms. The molecule has 5 nitrogen and oxygen atoms in total. The summed E-state index contributed by atoms with van der Waals surface area (Å²) in [6, 6.07) is 13.9. The van der Waals surface area contributed by atoms with Gasteiger partial charge in [-0.2, -0.15) is 4.21 Å². The van der Waals surface area contributed by atoms with Gasteiger partial charge in [0.15, 0.2) is 5.13 Å². The smallest absolute Gasteiger partial charge is 0.302 e. The summed E-state index contributed by atoms with van der Waals surface area (Å²) >= 11 is 12.0. The Kier molecular flexibility index (Phi) is 8.10. The van der Waals surface area contributed by atoms with Crippen LogP contribution in [-0.2, 0) is 22.2 Å². The monoisotopic (exact) mass is 524 g/mol. The molecule has 33 heavy (non-hydrogen) atoms. The molecule has 1 saturated carbocycles. The molecule has 0 spiro atoms. The number of halogens is 2. The van der Waals surface area contributed by atoms with Gasteiger partial charge in [-0.25, -0.2) is 4.98 Å². The lowest BCUT2D eigenvalue weighted by molar-refractivity contribution is 0.297. The Balaban J connectivity index is 1.66. The first-order valence-electron chi connectivity index (χ1n) is 10.9. The van der Waals surface area contributed by atoms with E-state index in [1.54, 1.807) is 17.4 Å². The van der Waals surface area contributed by atoms with Gasteiger partial charge in [0.25, 0.3) is 0 Å². The van der Waals surface area contributed by atoms with Gasteiger partial charge in [0.1, 0.15) is 0 Å². The topological polar surface area (TPSA) is 62.7 Å². The molecule has 0 amide bonds. The second-order valence-electron chi connectivity index (χ2n) is 8.22. The van der Waals surface area contributed by atoms with Gasteiger partial charge in [0.05, 0.1) is 23.4 Å². The molecule has 3 aromatic rings. The van der Waals surface area contributed by atoms with Crippen molar-refractivity contribution in [1.29, 1.82) is 0 Å². The van der Waals surface area contributed by atoms with Crippen molar-refractivity contribution >= 4 is 51.0 Å². The molecule has 0 radical (unpaired) electrons. The maximum atomic E-state index is 10.8. The molecule has 2 aromatic carbocycles. The fourth-order valence-corrected chi connectivity index (χ4v) is 5.80. The molecule has 4 rings (SSSR count). The van der Waals surface area contributed by atoms with Crippen molar-refractivity contribution in [1.82, 2.24) is 4.98 Å². The van der Waals surface area contributed by atoms with Crippen molar-refractivity contribution < 1.29 is 12.9 Å². The van der Waals surface area contributed by atoms with Gasteiger partial charge in [0.2, 0.25) is 0 Å². The fourth-order valence-electron chi connectivity index (χ4n) is 4.08. The second-order valence-corrected chi connectivity index (χ2v) is 10.9. The predicted molar refractivity (Wildman–Crippen MR) is 137 cm³/mol. The van der Waals surface area contributed by atoms with Crippen molar-refractivity contribution in [2.45, 2.75) is 45.8 Å². The highest BCUT2D eigenvalue weighted by molar-refractivity contribution is 7.74. The Bertz CT molecular complexity index is 1130. The first-order chi connectivity index (χ1) is 15.9. The molecule has 1 heterocycles. The average Bonchev–Trinajstić information content (AvgIpc) is 3.54. The standard InChI is InChI=1S/C24H26Cl2N2O3S2/c1-3-12-28(24-27-22(15(2)32-24)20-11-10-19(25)13-21(20)26)23(18-8-9-18)17-6-4-16(5-7-17)14-31-33(29)30/h4-7,10-11,13,18,23H,3,8-9,12,14H2,1-2H3,(H,29,30). The first-order valence-corrected chi connectivity index (χ1v) is 13.5. The van der Waals surface area contributed by atoms with Crippen LogP contribution < -0.4 is 4.90 Å². The number of anilines is 1. The number of nitrogens with zero attached hydrogens (tertiary/aromatic N) is 2. The van der Waals surface area contributed by atoms with E-state index in [2.05, 4.69) is 30.9 Å². The van der Waals surface area contributed by atoms with E-state index in [-0.39, 0.29) is 12.6 Å². The Morgan fingerprint density at radius 3 is 2.58 bits per heavy atom. The van der Waals surface area contributed by atoms with Crippen molar-refractivity contribution in [2.24, 2.45) is 5.92 Å². The SMILES string of the molecule is CCCN(c1nc(-c2ccc(Cl)cc2Cl)c(C)s1)C(c1ccc(COS(=O)O)cc1)C1CC1. The number of rotatable bonds is 10. The molecule has 9 heteroatoms. The van der Waals surface area contributed by atoms with E-state index >= 15 is 0 Å². The molecule has 1 fully saturated rings. The first kappa shape index (κ1) is 24.6. The van der Waals surface area contributed by atoms with Gasteiger partial charge in [-0.05, 0) is 61.4 Å². The van der Waals surface area contributed by atoms with Gasteiger partial charge in [-0.15, -0.1) is 11.3 Å². The normalized spacial score (nSPS) is 15.4. The summed E-state index contributed by atoms with van der Waals surface area (Å²) in [6.45, 7) is 5.27. The number of thiazole rings is 1. The Hall–Kier alpha value is -1.48. The molecule has 0 aliphatic heterocycles. The third-order valence-electron chi connectivity index (χ3n) is 5.73. The number of aryl methyl sites for hydroxylation is 1. The van der Waals surface area contributed by atoms with E-state index in [1.165, 1.54) is 18.4 Å². The van der Waals surface area contributed by atoms with Gasteiger partial charge in [-0.1, -0.05) is 54.4 Å². The summed E-state index contributed by atoms with van der Waals surface area (Å²) in [5.41, 5.74) is 3.88. The molecule has 2 atom stereocenters. The summed E-state index contributed by atoms with van der Waals surface area (Å²) in [5, 5.41) is 2.21. The van der Waals surface area contributed by atoms with Crippen molar-refractivity contribution in [3.63, 3.8) is 0 Å². The van der Waals surface area contributed by atoms with E-state index < -0.39 is 11.4 Å². The van der Waals surface area contributed by atoms with Crippen LogP contribution in [0.3, 0.4) is 0 Å². The minimum Gasteiger partial charge on any atom is -0.341 e. The minimum absolute atomic E-state index is 0.104. The van der Waals surface area contributed by atoms with E-state index in [1.807, 2.05) is 24.3 Å². The lowest BCUT2D eigenvalue weighted by atomic mass is 9.99. The maximum absolute atomic E-state index is 10.8. The van der Waals surface area contributed by atoms with Crippen LogP contribution in [0, 0.1) is 12.8 Å². The van der Waals surface area contributed by atoms with Crippen LogP contribution in [-0.4, -0.2) is 20.3 Å². The van der Waals surface area contributed by atoms with E-state index in [4.69, 9.17) is 36.9 Å². The molecule has 176 valence electrons. The zero-order valence-electron chi connectivity index (χ0n) is 18.5. The van der Waals surface area contributed by atoms with E-state index in [0.29, 0.717) is 16.0 Å². The third-order valence-corrected chi connectivity index (χ3v) is 7.61. The fraction of sp³-hybridized carbons (Fsp3) is 0.375. The van der Waals surface area contributed by atoms with Crippen molar-refractivity contribution in [3.05, 3.63) is 68.5 Å². The Morgan fingerprint density at radius 1 is 1.24 bits per heavy atom. The zero-order valence-corrected chi connectivity index (χ0v) is 21.6. The molecule has 1 N–H and O–H groups in total. The Morgan fingerprint density at radius 2 is 1.97 bits per heavy atom. The quantitative estimate of drug-likeness (QED) is 0.279. The molecular weight excluding hydrogens is 499 g/mol. The van der Waals surface area contributed by atoms with Crippen LogP contribution in [0.4, 0.5) is 5.13 Å².